The van der Waals surface area contributed by atoms with Crippen molar-refractivity contribution in [2.75, 3.05) is 0 Å². The monoisotopic (exact) mass is 308 g/mol. The van der Waals surface area contributed by atoms with Crippen molar-refractivity contribution in [3.05, 3.63) is 77.5 Å². The highest BCUT2D eigenvalue weighted by Crippen LogP contribution is 2.18. The minimum absolute atomic E-state index is 0.0733. The van der Waals surface area contributed by atoms with E-state index in [4.69, 9.17) is 4.42 Å². The maximum absolute atomic E-state index is 12.3. The van der Waals surface area contributed by atoms with Crippen LogP contribution in [0.1, 0.15) is 40.4 Å². The molecule has 1 amide bonds. The molecule has 0 saturated heterocycles. The first-order valence-electron chi connectivity index (χ1n) is 7.66. The molecular formula is C19H20N2O2. The molecule has 2 aromatic heterocycles. The fraction of sp³-hybridized carbons (Fsp3) is 0.211. The lowest BCUT2D eigenvalue weighted by atomic mass is 10.1. The van der Waals surface area contributed by atoms with E-state index in [1.165, 1.54) is 0 Å². The molecule has 0 bridgehead atoms. The van der Waals surface area contributed by atoms with Crippen molar-refractivity contribution >= 4 is 5.91 Å². The smallest absolute Gasteiger partial charge is 0.255 e. The standard InChI is InChI=1S/C19H20N2O2/c1-13-12-18(15(3)23-13)19(22)20-14(2)16-6-8-17(9-7-16)21-10-4-5-11-21/h4-12,14H,1-3H3,(H,20,22)/t14-/m0/s1. The van der Waals surface area contributed by atoms with E-state index in [0.717, 1.165) is 17.0 Å². The lowest BCUT2D eigenvalue weighted by molar-refractivity contribution is 0.0938. The fourth-order valence-electron chi connectivity index (χ4n) is 2.66. The van der Waals surface area contributed by atoms with Crippen LogP contribution in [-0.2, 0) is 0 Å². The second kappa shape index (κ2) is 6.16. The molecule has 0 unspecified atom stereocenters. The molecule has 2 heterocycles. The summed E-state index contributed by atoms with van der Waals surface area (Å²) in [6.45, 7) is 5.62. The number of amides is 1. The largest absolute Gasteiger partial charge is 0.466 e. The van der Waals surface area contributed by atoms with Crippen LogP contribution in [0.5, 0.6) is 0 Å². The summed E-state index contributed by atoms with van der Waals surface area (Å²) in [7, 11) is 0. The molecule has 0 aliphatic rings. The van der Waals surface area contributed by atoms with Gasteiger partial charge in [0, 0.05) is 18.1 Å². The number of furan rings is 1. The third kappa shape index (κ3) is 3.21. The number of nitrogens with zero attached hydrogens (tertiary/aromatic N) is 1. The maximum Gasteiger partial charge on any atom is 0.255 e. The molecule has 23 heavy (non-hydrogen) atoms. The highest BCUT2D eigenvalue weighted by Gasteiger charge is 2.16. The zero-order valence-corrected chi connectivity index (χ0v) is 13.5. The van der Waals surface area contributed by atoms with Gasteiger partial charge in [0.1, 0.15) is 11.5 Å². The lowest BCUT2D eigenvalue weighted by Crippen LogP contribution is -2.26. The van der Waals surface area contributed by atoms with Crippen LogP contribution in [0.3, 0.4) is 0 Å². The van der Waals surface area contributed by atoms with Crippen molar-refractivity contribution < 1.29 is 9.21 Å². The van der Waals surface area contributed by atoms with Crippen LogP contribution in [0.15, 0.2) is 59.3 Å². The predicted molar refractivity (Wildman–Crippen MR) is 89.8 cm³/mol. The van der Waals surface area contributed by atoms with Crippen LogP contribution in [0.2, 0.25) is 0 Å². The van der Waals surface area contributed by atoms with Crippen molar-refractivity contribution in [3.63, 3.8) is 0 Å². The molecule has 0 aliphatic heterocycles. The first-order chi connectivity index (χ1) is 11.0. The summed E-state index contributed by atoms with van der Waals surface area (Å²) in [5.74, 6) is 1.29. The van der Waals surface area contributed by atoms with Crippen molar-refractivity contribution in [1.29, 1.82) is 0 Å². The van der Waals surface area contributed by atoms with Gasteiger partial charge < -0.3 is 14.3 Å². The minimum atomic E-state index is -0.110. The van der Waals surface area contributed by atoms with E-state index in [1.807, 2.05) is 67.2 Å². The van der Waals surface area contributed by atoms with E-state index in [0.29, 0.717) is 11.3 Å². The molecular weight excluding hydrogens is 288 g/mol. The molecule has 1 N–H and O–H groups in total. The first-order valence-corrected chi connectivity index (χ1v) is 7.66. The molecule has 4 heteroatoms. The Morgan fingerprint density at radius 1 is 1.13 bits per heavy atom. The predicted octanol–water partition coefficient (Wildman–Crippen LogP) is 4.18. The molecule has 0 fully saturated rings. The van der Waals surface area contributed by atoms with Crippen molar-refractivity contribution in [2.24, 2.45) is 0 Å². The van der Waals surface area contributed by atoms with Gasteiger partial charge in [-0.15, -0.1) is 0 Å². The van der Waals surface area contributed by atoms with Gasteiger partial charge in [-0.3, -0.25) is 4.79 Å². The summed E-state index contributed by atoms with van der Waals surface area (Å²) >= 11 is 0. The summed E-state index contributed by atoms with van der Waals surface area (Å²) in [6, 6.07) is 13.8. The normalized spacial score (nSPS) is 12.1. The lowest BCUT2D eigenvalue weighted by Gasteiger charge is -2.15. The Bertz CT molecular complexity index is 799. The molecule has 0 spiro atoms. The summed E-state index contributed by atoms with van der Waals surface area (Å²) in [4.78, 5) is 12.3. The minimum Gasteiger partial charge on any atom is -0.466 e. The summed E-state index contributed by atoms with van der Waals surface area (Å²) in [5.41, 5.74) is 2.75. The fourth-order valence-corrected chi connectivity index (χ4v) is 2.66. The highest BCUT2D eigenvalue weighted by atomic mass is 16.3. The number of rotatable bonds is 4. The Labute approximate surface area is 135 Å². The van der Waals surface area contributed by atoms with Crippen molar-refractivity contribution in [2.45, 2.75) is 26.8 Å². The average molecular weight is 308 g/mol. The Kier molecular flexibility index (Phi) is 4.06. The number of hydrogen-bond donors (Lipinski definition) is 1. The van der Waals surface area contributed by atoms with Gasteiger partial charge in [-0.1, -0.05) is 12.1 Å². The zero-order chi connectivity index (χ0) is 16.4. The molecule has 118 valence electrons. The number of aromatic nitrogens is 1. The van der Waals surface area contributed by atoms with E-state index in [9.17, 15) is 4.79 Å². The molecule has 0 aliphatic carbocycles. The van der Waals surface area contributed by atoms with Gasteiger partial charge in [-0.05, 0) is 56.7 Å². The number of hydrogen-bond acceptors (Lipinski definition) is 2. The quantitative estimate of drug-likeness (QED) is 0.786. The van der Waals surface area contributed by atoms with Gasteiger partial charge in [0.2, 0.25) is 0 Å². The number of benzene rings is 1. The summed E-state index contributed by atoms with van der Waals surface area (Å²) in [5, 5.41) is 3.02. The van der Waals surface area contributed by atoms with E-state index in [1.54, 1.807) is 13.0 Å². The molecule has 1 aromatic carbocycles. The van der Waals surface area contributed by atoms with Crippen LogP contribution >= 0.6 is 0 Å². The second-order valence-corrected chi connectivity index (χ2v) is 5.70. The second-order valence-electron chi connectivity index (χ2n) is 5.70. The Balaban J connectivity index is 1.72. The maximum atomic E-state index is 12.3. The van der Waals surface area contributed by atoms with Crippen molar-refractivity contribution in [3.8, 4) is 5.69 Å². The topological polar surface area (TPSA) is 47.2 Å². The van der Waals surface area contributed by atoms with Crippen LogP contribution in [0.25, 0.3) is 5.69 Å². The van der Waals surface area contributed by atoms with Crippen LogP contribution in [0.4, 0.5) is 0 Å². The molecule has 4 nitrogen and oxygen atoms in total. The van der Waals surface area contributed by atoms with Gasteiger partial charge in [0.15, 0.2) is 0 Å². The van der Waals surface area contributed by atoms with Crippen LogP contribution in [0, 0.1) is 13.8 Å². The van der Waals surface area contributed by atoms with E-state index >= 15 is 0 Å². The van der Waals surface area contributed by atoms with Gasteiger partial charge in [-0.2, -0.15) is 0 Å². The summed E-state index contributed by atoms with van der Waals surface area (Å²) < 4.78 is 7.46. The number of aryl methyl sites for hydroxylation is 2. The first kappa shape index (κ1) is 15.2. The Morgan fingerprint density at radius 2 is 1.78 bits per heavy atom. The zero-order valence-electron chi connectivity index (χ0n) is 13.5. The number of nitrogens with one attached hydrogen (secondary N) is 1. The molecule has 3 aromatic rings. The third-order valence-corrected chi connectivity index (χ3v) is 3.93. The SMILES string of the molecule is Cc1cc(C(=O)N[C@@H](C)c2ccc(-n3cccc3)cc2)c(C)o1. The van der Waals surface area contributed by atoms with Gasteiger partial charge in [-0.25, -0.2) is 0 Å². The molecule has 3 rings (SSSR count). The number of carbonyl (C=O) groups excluding carboxylic acids is 1. The highest BCUT2D eigenvalue weighted by molar-refractivity contribution is 5.95. The van der Waals surface area contributed by atoms with Gasteiger partial charge in [0.25, 0.3) is 5.91 Å². The number of carbonyl (C=O) groups is 1. The molecule has 1 atom stereocenters. The van der Waals surface area contributed by atoms with E-state index < -0.39 is 0 Å². The Morgan fingerprint density at radius 3 is 2.35 bits per heavy atom. The van der Waals surface area contributed by atoms with E-state index in [2.05, 4.69) is 5.32 Å². The molecule has 0 radical (unpaired) electrons. The van der Waals surface area contributed by atoms with Gasteiger partial charge >= 0.3 is 0 Å². The van der Waals surface area contributed by atoms with Crippen LogP contribution < -0.4 is 5.32 Å². The van der Waals surface area contributed by atoms with Crippen LogP contribution in [-0.4, -0.2) is 10.5 Å². The van der Waals surface area contributed by atoms with Crippen molar-refractivity contribution in [1.82, 2.24) is 9.88 Å². The molecule has 0 saturated carbocycles. The van der Waals surface area contributed by atoms with Gasteiger partial charge in [0.05, 0.1) is 11.6 Å². The van der Waals surface area contributed by atoms with E-state index in [-0.39, 0.29) is 11.9 Å². The average Bonchev–Trinajstić information content (AvgIpc) is 3.17. The summed E-state index contributed by atoms with van der Waals surface area (Å²) in [6.07, 6.45) is 4.01. The Hall–Kier alpha value is -2.75. The third-order valence-electron chi connectivity index (χ3n) is 3.93.